The number of carbonyl (C=O) groups excluding carboxylic acids is 1. The molecule has 2 heterocycles. The number of halogens is 1. The van der Waals surface area contributed by atoms with Gasteiger partial charge in [-0.3, -0.25) is 4.79 Å². The molecule has 0 bridgehead atoms. The number of carbonyl (C=O) groups is 1. The highest BCUT2D eigenvalue weighted by molar-refractivity contribution is 9.10. The van der Waals surface area contributed by atoms with Gasteiger partial charge in [0.15, 0.2) is 0 Å². The van der Waals surface area contributed by atoms with E-state index in [0.717, 1.165) is 15.4 Å². The molecule has 1 amide bonds. The van der Waals surface area contributed by atoms with Gasteiger partial charge in [-0.1, -0.05) is 18.2 Å². The highest BCUT2D eigenvalue weighted by atomic mass is 79.9. The minimum Gasteiger partial charge on any atom is -0.351 e. The summed E-state index contributed by atoms with van der Waals surface area (Å²) in [5.74, 6) is 0.317. The van der Waals surface area contributed by atoms with Crippen molar-refractivity contribution < 1.29 is 4.79 Å². The predicted molar refractivity (Wildman–Crippen MR) is 78.2 cm³/mol. The van der Waals surface area contributed by atoms with E-state index in [4.69, 9.17) is 0 Å². The average Bonchev–Trinajstić information content (AvgIpc) is 2.85. The van der Waals surface area contributed by atoms with Crippen molar-refractivity contribution in [1.82, 2.24) is 9.97 Å². The molecule has 0 aliphatic rings. The maximum absolute atomic E-state index is 12.1. The normalized spacial score (nSPS) is 10.6. The third-order valence-corrected chi connectivity index (χ3v) is 3.21. The monoisotopic (exact) mass is 315 g/mol. The van der Waals surface area contributed by atoms with E-state index in [1.54, 1.807) is 12.3 Å². The Bertz CT molecular complexity index is 701. The zero-order valence-electron chi connectivity index (χ0n) is 9.85. The Hall–Kier alpha value is -2.14. The van der Waals surface area contributed by atoms with Gasteiger partial charge in [0.2, 0.25) is 0 Å². The second-order valence-electron chi connectivity index (χ2n) is 4.09. The highest BCUT2D eigenvalue weighted by Gasteiger charge is 2.09. The maximum Gasteiger partial charge on any atom is 0.273 e. The van der Waals surface area contributed by atoms with Crippen LogP contribution in [0.15, 0.2) is 53.1 Å². The van der Waals surface area contributed by atoms with Crippen molar-refractivity contribution in [3.8, 4) is 0 Å². The van der Waals surface area contributed by atoms with Gasteiger partial charge in [-0.2, -0.15) is 0 Å². The number of anilines is 1. The molecule has 4 nitrogen and oxygen atoms in total. The zero-order chi connectivity index (χ0) is 13.2. The molecule has 5 heteroatoms. The van der Waals surface area contributed by atoms with E-state index in [0.29, 0.717) is 11.5 Å². The van der Waals surface area contributed by atoms with Gasteiger partial charge in [0.1, 0.15) is 11.5 Å². The number of rotatable bonds is 2. The number of amides is 1. The van der Waals surface area contributed by atoms with Crippen molar-refractivity contribution in [3.05, 3.63) is 58.8 Å². The lowest BCUT2D eigenvalue weighted by Crippen LogP contribution is -2.13. The third-order valence-electron chi connectivity index (χ3n) is 2.74. The van der Waals surface area contributed by atoms with Crippen LogP contribution in [0.1, 0.15) is 10.5 Å². The van der Waals surface area contributed by atoms with Crippen LogP contribution in [0, 0.1) is 0 Å². The first-order valence-electron chi connectivity index (χ1n) is 5.73. The number of aromatic amines is 1. The van der Waals surface area contributed by atoms with Crippen molar-refractivity contribution >= 4 is 38.6 Å². The summed E-state index contributed by atoms with van der Waals surface area (Å²) in [5, 5.41) is 3.75. The number of hydrogen-bond donors (Lipinski definition) is 2. The number of benzene rings is 1. The molecule has 0 radical (unpaired) electrons. The first kappa shape index (κ1) is 11.9. The standard InChI is InChI=1S/C14H10BrN3O/c15-10-5-6-13(16-8-10)18-14(19)12-7-9-3-1-2-4-11(9)17-12/h1-8,17H,(H,16,18,19). The molecule has 0 aliphatic heterocycles. The fourth-order valence-corrected chi connectivity index (χ4v) is 2.06. The Morgan fingerprint density at radius 2 is 2.05 bits per heavy atom. The fourth-order valence-electron chi connectivity index (χ4n) is 1.83. The summed E-state index contributed by atoms with van der Waals surface area (Å²) < 4.78 is 0.871. The number of aromatic nitrogens is 2. The molecule has 0 saturated carbocycles. The molecule has 0 aliphatic carbocycles. The first-order valence-corrected chi connectivity index (χ1v) is 6.52. The van der Waals surface area contributed by atoms with E-state index in [1.165, 1.54) is 0 Å². The van der Waals surface area contributed by atoms with Crippen LogP contribution >= 0.6 is 15.9 Å². The quantitative estimate of drug-likeness (QED) is 0.759. The number of nitrogens with zero attached hydrogens (tertiary/aromatic N) is 1. The summed E-state index contributed by atoms with van der Waals surface area (Å²) in [6.45, 7) is 0. The molecule has 1 aromatic carbocycles. The van der Waals surface area contributed by atoms with Gasteiger partial charge >= 0.3 is 0 Å². The summed E-state index contributed by atoms with van der Waals surface area (Å²) >= 11 is 3.30. The second-order valence-corrected chi connectivity index (χ2v) is 5.00. The van der Waals surface area contributed by atoms with E-state index >= 15 is 0 Å². The summed E-state index contributed by atoms with van der Waals surface area (Å²) in [6.07, 6.45) is 1.64. The smallest absolute Gasteiger partial charge is 0.273 e. The van der Waals surface area contributed by atoms with Crippen LogP contribution in [0.5, 0.6) is 0 Å². The summed E-state index contributed by atoms with van der Waals surface area (Å²) in [7, 11) is 0. The molecule has 2 N–H and O–H groups in total. The molecule has 2 aromatic heterocycles. The molecule has 94 valence electrons. The Labute approximate surface area is 118 Å². The summed E-state index contributed by atoms with van der Waals surface area (Å²) in [4.78, 5) is 19.3. The lowest BCUT2D eigenvalue weighted by molar-refractivity contribution is 0.102. The van der Waals surface area contributed by atoms with Crippen LogP contribution in [0.2, 0.25) is 0 Å². The Morgan fingerprint density at radius 1 is 1.21 bits per heavy atom. The van der Waals surface area contributed by atoms with Crippen molar-refractivity contribution in [1.29, 1.82) is 0 Å². The molecule has 0 atom stereocenters. The molecular formula is C14H10BrN3O. The van der Waals surface area contributed by atoms with E-state index < -0.39 is 0 Å². The average molecular weight is 316 g/mol. The molecule has 0 fully saturated rings. The minimum atomic E-state index is -0.203. The van der Waals surface area contributed by atoms with E-state index in [2.05, 4.69) is 31.2 Å². The second kappa shape index (κ2) is 4.85. The summed E-state index contributed by atoms with van der Waals surface area (Å²) in [5.41, 5.74) is 1.46. The predicted octanol–water partition coefficient (Wildman–Crippen LogP) is 3.58. The van der Waals surface area contributed by atoms with Crippen LogP contribution < -0.4 is 5.32 Å². The van der Waals surface area contributed by atoms with Crippen LogP contribution in [0.25, 0.3) is 10.9 Å². The molecule has 0 unspecified atom stereocenters. The van der Waals surface area contributed by atoms with Crippen LogP contribution in [-0.2, 0) is 0 Å². The number of pyridine rings is 1. The molecule has 3 aromatic rings. The van der Waals surface area contributed by atoms with E-state index in [-0.39, 0.29) is 5.91 Å². The number of fused-ring (bicyclic) bond motifs is 1. The van der Waals surface area contributed by atoms with Crippen molar-refractivity contribution in [2.45, 2.75) is 0 Å². The lowest BCUT2D eigenvalue weighted by atomic mass is 10.2. The molecule has 0 spiro atoms. The number of nitrogens with one attached hydrogen (secondary N) is 2. The third kappa shape index (κ3) is 2.51. The van der Waals surface area contributed by atoms with Gasteiger partial charge < -0.3 is 10.3 Å². The minimum absolute atomic E-state index is 0.203. The van der Waals surface area contributed by atoms with Gasteiger partial charge in [0.25, 0.3) is 5.91 Å². The fraction of sp³-hybridized carbons (Fsp3) is 0. The molecule has 19 heavy (non-hydrogen) atoms. The van der Waals surface area contributed by atoms with Crippen molar-refractivity contribution in [3.63, 3.8) is 0 Å². The van der Waals surface area contributed by atoms with Crippen LogP contribution in [-0.4, -0.2) is 15.9 Å². The Kier molecular flexibility index (Phi) is 3.05. The lowest BCUT2D eigenvalue weighted by Gasteiger charge is -2.02. The van der Waals surface area contributed by atoms with Gasteiger partial charge in [-0.05, 0) is 40.2 Å². The van der Waals surface area contributed by atoms with Crippen molar-refractivity contribution in [2.75, 3.05) is 5.32 Å². The van der Waals surface area contributed by atoms with Crippen molar-refractivity contribution in [2.24, 2.45) is 0 Å². The first-order chi connectivity index (χ1) is 9.22. The number of para-hydroxylation sites is 1. The van der Waals surface area contributed by atoms with Gasteiger partial charge in [-0.15, -0.1) is 0 Å². The van der Waals surface area contributed by atoms with E-state index in [9.17, 15) is 4.79 Å². The van der Waals surface area contributed by atoms with E-state index in [1.807, 2.05) is 36.4 Å². The summed E-state index contributed by atoms with van der Waals surface area (Å²) in [6, 6.07) is 13.2. The van der Waals surface area contributed by atoms with Gasteiger partial charge in [0, 0.05) is 21.6 Å². The topological polar surface area (TPSA) is 57.8 Å². The maximum atomic E-state index is 12.1. The molecule has 0 saturated heterocycles. The largest absolute Gasteiger partial charge is 0.351 e. The Morgan fingerprint density at radius 3 is 2.79 bits per heavy atom. The SMILES string of the molecule is O=C(Nc1ccc(Br)cn1)c1cc2ccccc2[nH]1. The van der Waals surface area contributed by atoms with Crippen LogP contribution in [0.3, 0.4) is 0 Å². The van der Waals surface area contributed by atoms with Crippen LogP contribution in [0.4, 0.5) is 5.82 Å². The number of H-pyrrole nitrogens is 1. The van der Waals surface area contributed by atoms with Gasteiger partial charge in [0.05, 0.1) is 0 Å². The zero-order valence-corrected chi connectivity index (χ0v) is 11.4. The molecule has 3 rings (SSSR count). The van der Waals surface area contributed by atoms with Gasteiger partial charge in [-0.25, -0.2) is 4.98 Å². The Balaban J connectivity index is 1.85. The number of hydrogen-bond acceptors (Lipinski definition) is 2. The molecular weight excluding hydrogens is 306 g/mol. The highest BCUT2D eigenvalue weighted by Crippen LogP contribution is 2.16.